The summed E-state index contributed by atoms with van der Waals surface area (Å²) in [6.45, 7) is 0. The van der Waals surface area contributed by atoms with Gasteiger partial charge in [-0.25, -0.2) is 0 Å². The Hall–Kier alpha value is -1.13. The molecule has 0 amide bonds. The minimum Gasteiger partial charge on any atom is -0.375 e. The van der Waals surface area contributed by atoms with Crippen molar-refractivity contribution in [2.75, 3.05) is 0 Å². The van der Waals surface area contributed by atoms with Crippen molar-refractivity contribution in [2.45, 2.75) is 12.8 Å². The second kappa shape index (κ2) is 4.80. The lowest BCUT2D eigenvalue weighted by molar-refractivity contribution is 0.998. The van der Waals surface area contributed by atoms with Crippen LogP contribution >= 0.6 is 23.8 Å². The molecule has 3 N–H and O–H groups in total. The van der Waals surface area contributed by atoms with E-state index in [1.54, 1.807) is 0 Å². The van der Waals surface area contributed by atoms with Crippen LogP contribution < -0.4 is 11.2 Å². The zero-order valence-corrected chi connectivity index (χ0v) is 10.2. The molecule has 0 bridgehead atoms. The monoisotopic (exact) mass is 253 g/mol. The maximum atomic E-state index is 5.84. The van der Waals surface area contributed by atoms with E-state index in [1.807, 2.05) is 24.3 Å². The van der Waals surface area contributed by atoms with E-state index in [-0.39, 0.29) is 5.11 Å². The maximum Gasteiger partial charge on any atom is 0.184 e. The number of hydrogen-bond acceptors (Lipinski definition) is 2. The lowest BCUT2D eigenvalue weighted by Gasteiger charge is -2.05. The fraction of sp³-hybridized carbons (Fsp3) is 0.273. The van der Waals surface area contributed by atoms with Crippen molar-refractivity contribution in [1.82, 2.24) is 5.43 Å². The Morgan fingerprint density at radius 2 is 2.00 bits per heavy atom. The molecule has 84 valence electrons. The zero-order valence-electron chi connectivity index (χ0n) is 8.61. The van der Waals surface area contributed by atoms with Crippen LogP contribution in [0.25, 0.3) is 0 Å². The van der Waals surface area contributed by atoms with Crippen LogP contribution in [0, 0.1) is 5.92 Å². The van der Waals surface area contributed by atoms with Crippen LogP contribution in [0.1, 0.15) is 18.4 Å². The average Bonchev–Trinajstić information content (AvgIpc) is 3.04. The van der Waals surface area contributed by atoms with Gasteiger partial charge in [-0.2, -0.15) is 5.10 Å². The summed E-state index contributed by atoms with van der Waals surface area (Å²) in [4.78, 5) is 0. The van der Waals surface area contributed by atoms with Gasteiger partial charge in [-0.1, -0.05) is 23.7 Å². The molecule has 0 spiro atoms. The lowest BCUT2D eigenvalue weighted by atomic mass is 10.1. The third-order valence-corrected chi connectivity index (χ3v) is 2.73. The van der Waals surface area contributed by atoms with Gasteiger partial charge >= 0.3 is 0 Å². The average molecular weight is 254 g/mol. The van der Waals surface area contributed by atoms with E-state index >= 15 is 0 Å². The second-order valence-corrected chi connectivity index (χ2v) is 4.63. The number of hydrazone groups is 1. The molecule has 0 aromatic heterocycles. The SMILES string of the molecule is NC(=S)N/N=C(/c1ccc(Cl)cc1)C1CC1. The first kappa shape index (κ1) is 11.4. The summed E-state index contributed by atoms with van der Waals surface area (Å²) in [7, 11) is 0. The van der Waals surface area contributed by atoms with Crippen LogP contribution in [0.15, 0.2) is 29.4 Å². The minimum absolute atomic E-state index is 0.187. The van der Waals surface area contributed by atoms with Crippen molar-refractivity contribution in [3.05, 3.63) is 34.9 Å². The van der Waals surface area contributed by atoms with Gasteiger partial charge in [-0.3, -0.25) is 5.43 Å². The second-order valence-electron chi connectivity index (χ2n) is 3.75. The lowest BCUT2D eigenvalue weighted by Crippen LogP contribution is -2.26. The third kappa shape index (κ3) is 2.93. The zero-order chi connectivity index (χ0) is 11.5. The Morgan fingerprint density at radius 1 is 1.38 bits per heavy atom. The Kier molecular flexibility index (Phi) is 3.41. The highest BCUT2D eigenvalue weighted by molar-refractivity contribution is 7.80. The summed E-state index contributed by atoms with van der Waals surface area (Å²) in [5.41, 5.74) is 10.1. The molecule has 3 nitrogen and oxygen atoms in total. The first-order valence-corrected chi connectivity index (χ1v) is 5.84. The van der Waals surface area contributed by atoms with Gasteiger partial charge in [0.25, 0.3) is 0 Å². The fourth-order valence-corrected chi connectivity index (χ4v) is 1.66. The van der Waals surface area contributed by atoms with E-state index in [0.29, 0.717) is 5.92 Å². The molecule has 0 heterocycles. The number of hydrogen-bond donors (Lipinski definition) is 2. The van der Waals surface area contributed by atoms with Crippen molar-refractivity contribution >= 4 is 34.6 Å². The van der Waals surface area contributed by atoms with Crippen LogP contribution in [-0.2, 0) is 0 Å². The van der Waals surface area contributed by atoms with Gasteiger partial charge in [0, 0.05) is 10.9 Å². The van der Waals surface area contributed by atoms with E-state index in [0.717, 1.165) is 16.3 Å². The quantitative estimate of drug-likeness (QED) is 0.494. The molecule has 2 rings (SSSR count). The molecular weight excluding hydrogens is 242 g/mol. The van der Waals surface area contributed by atoms with Crippen molar-refractivity contribution in [3.8, 4) is 0 Å². The molecule has 1 aromatic carbocycles. The summed E-state index contributed by atoms with van der Waals surface area (Å²) in [5, 5.41) is 5.15. The van der Waals surface area contributed by atoms with E-state index in [1.165, 1.54) is 12.8 Å². The Labute approximate surface area is 105 Å². The highest BCUT2D eigenvalue weighted by atomic mass is 35.5. The molecular formula is C11H12ClN3S. The predicted octanol–water partition coefficient (Wildman–Crippen LogP) is 2.29. The first-order valence-electron chi connectivity index (χ1n) is 5.06. The van der Waals surface area contributed by atoms with E-state index in [9.17, 15) is 0 Å². The van der Waals surface area contributed by atoms with Crippen LogP contribution in [0.2, 0.25) is 5.02 Å². The molecule has 16 heavy (non-hydrogen) atoms. The summed E-state index contributed by atoms with van der Waals surface area (Å²) < 4.78 is 0. The molecule has 1 saturated carbocycles. The predicted molar refractivity (Wildman–Crippen MR) is 70.6 cm³/mol. The summed E-state index contributed by atoms with van der Waals surface area (Å²) in [6, 6.07) is 7.63. The normalized spacial score (nSPS) is 15.9. The molecule has 0 atom stereocenters. The van der Waals surface area contributed by atoms with Crippen molar-refractivity contribution in [3.63, 3.8) is 0 Å². The summed E-state index contributed by atoms with van der Waals surface area (Å²) in [5.74, 6) is 0.517. The van der Waals surface area contributed by atoms with Gasteiger partial charge in [0.1, 0.15) is 0 Å². The smallest absolute Gasteiger partial charge is 0.184 e. The van der Waals surface area contributed by atoms with Gasteiger partial charge in [-0.15, -0.1) is 0 Å². The fourth-order valence-electron chi connectivity index (χ4n) is 1.48. The Morgan fingerprint density at radius 3 is 2.50 bits per heavy atom. The Balaban J connectivity index is 2.22. The summed E-state index contributed by atoms with van der Waals surface area (Å²) >= 11 is 10.6. The number of nitrogens with two attached hydrogens (primary N) is 1. The number of halogens is 1. The first-order chi connectivity index (χ1) is 7.66. The molecule has 1 aliphatic rings. The van der Waals surface area contributed by atoms with Crippen LogP contribution in [0.5, 0.6) is 0 Å². The molecule has 0 saturated heterocycles. The molecule has 0 radical (unpaired) electrons. The topological polar surface area (TPSA) is 50.4 Å². The highest BCUT2D eigenvalue weighted by Gasteiger charge is 2.28. The summed E-state index contributed by atoms with van der Waals surface area (Å²) in [6.07, 6.45) is 2.33. The van der Waals surface area contributed by atoms with E-state index in [2.05, 4.69) is 10.5 Å². The number of benzene rings is 1. The van der Waals surface area contributed by atoms with Crippen molar-refractivity contribution < 1.29 is 0 Å². The van der Waals surface area contributed by atoms with E-state index < -0.39 is 0 Å². The largest absolute Gasteiger partial charge is 0.375 e. The van der Waals surface area contributed by atoms with Gasteiger partial charge in [0.2, 0.25) is 0 Å². The molecule has 0 aliphatic heterocycles. The number of nitrogens with one attached hydrogen (secondary N) is 1. The number of thiocarbonyl (C=S) groups is 1. The highest BCUT2D eigenvalue weighted by Crippen LogP contribution is 2.33. The maximum absolute atomic E-state index is 5.84. The minimum atomic E-state index is 0.187. The molecule has 1 fully saturated rings. The number of nitrogens with zero attached hydrogens (tertiary/aromatic N) is 1. The molecule has 1 aromatic rings. The van der Waals surface area contributed by atoms with Gasteiger partial charge in [0.15, 0.2) is 5.11 Å². The van der Waals surface area contributed by atoms with Gasteiger partial charge in [-0.05, 0) is 42.8 Å². The van der Waals surface area contributed by atoms with Crippen LogP contribution in [-0.4, -0.2) is 10.8 Å². The van der Waals surface area contributed by atoms with Crippen molar-refractivity contribution in [1.29, 1.82) is 0 Å². The van der Waals surface area contributed by atoms with Gasteiger partial charge < -0.3 is 5.73 Å². The Bertz CT molecular complexity index is 423. The van der Waals surface area contributed by atoms with Crippen LogP contribution in [0.3, 0.4) is 0 Å². The molecule has 0 unspecified atom stereocenters. The van der Waals surface area contributed by atoms with Gasteiger partial charge in [0.05, 0.1) is 5.71 Å². The molecule has 5 heteroatoms. The van der Waals surface area contributed by atoms with E-state index in [4.69, 9.17) is 29.6 Å². The molecule has 1 aliphatic carbocycles. The standard InChI is InChI=1S/C11H12ClN3S/c12-9-5-3-8(4-6-9)10(7-1-2-7)14-15-11(13)16/h3-7H,1-2H2,(H3,13,15,16)/b14-10+. The van der Waals surface area contributed by atoms with Crippen molar-refractivity contribution in [2.24, 2.45) is 16.8 Å². The number of rotatable bonds is 3. The van der Waals surface area contributed by atoms with Crippen LogP contribution in [0.4, 0.5) is 0 Å². The third-order valence-electron chi connectivity index (χ3n) is 2.39.